The van der Waals surface area contributed by atoms with Gasteiger partial charge in [0, 0.05) is 29.4 Å². The fourth-order valence-electron chi connectivity index (χ4n) is 4.41. The lowest BCUT2D eigenvalue weighted by molar-refractivity contribution is 0.160. The first-order valence-corrected chi connectivity index (χ1v) is 10.5. The average Bonchev–Trinajstić information content (AvgIpc) is 2.80. The van der Waals surface area contributed by atoms with Crippen molar-refractivity contribution in [3.05, 3.63) is 71.7 Å². The number of nitrogens with zero attached hydrogens (tertiary/aromatic N) is 3. The van der Waals surface area contributed by atoms with Gasteiger partial charge in [0.2, 0.25) is 5.95 Å². The minimum absolute atomic E-state index is 0.0947. The Labute approximate surface area is 180 Å². The van der Waals surface area contributed by atoms with Crippen LogP contribution in [0, 0.1) is 5.82 Å². The minimum atomic E-state index is -0.658. The summed E-state index contributed by atoms with van der Waals surface area (Å²) in [4.78, 5) is 13.1. The maximum Gasteiger partial charge on any atom is 0.220 e. The van der Waals surface area contributed by atoms with Crippen LogP contribution in [0.1, 0.15) is 24.0 Å². The Hall–Kier alpha value is -3.32. The van der Waals surface area contributed by atoms with Crippen LogP contribution in [0.2, 0.25) is 0 Å². The fraction of sp³-hybridized carbons (Fsp3) is 0.292. The van der Waals surface area contributed by atoms with Gasteiger partial charge in [-0.05, 0) is 55.8 Å². The van der Waals surface area contributed by atoms with Gasteiger partial charge in [0.15, 0.2) is 0 Å². The maximum absolute atomic E-state index is 14.2. The van der Waals surface area contributed by atoms with Crippen molar-refractivity contribution in [3.63, 3.8) is 0 Å². The molecule has 6 nitrogen and oxygen atoms in total. The number of halogens is 1. The van der Waals surface area contributed by atoms with Gasteiger partial charge in [-0.3, -0.25) is 4.99 Å². The molecule has 2 aliphatic heterocycles. The number of hydrogen-bond donors (Lipinski definition) is 2. The molecule has 1 unspecified atom stereocenters. The van der Waals surface area contributed by atoms with Gasteiger partial charge in [0.1, 0.15) is 17.7 Å². The molecule has 2 aliphatic rings. The largest absolute Gasteiger partial charge is 0.490 e. The van der Waals surface area contributed by atoms with Crippen LogP contribution in [0.5, 0.6) is 5.75 Å². The van der Waals surface area contributed by atoms with E-state index in [0.29, 0.717) is 6.54 Å². The van der Waals surface area contributed by atoms with Crippen LogP contribution in [0.25, 0.3) is 10.9 Å². The van der Waals surface area contributed by atoms with Crippen molar-refractivity contribution < 1.29 is 9.13 Å². The van der Waals surface area contributed by atoms with Crippen molar-refractivity contribution in [1.29, 1.82) is 0 Å². The number of benzene rings is 2. The number of allylic oxidation sites excluding steroid dienone is 1. The molecule has 0 saturated carbocycles. The van der Waals surface area contributed by atoms with Crippen LogP contribution >= 0.6 is 0 Å². The van der Waals surface area contributed by atoms with Gasteiger partial charge >= 0.3 is 0 Å². The monoisotopic (exact) mass is 417 g/mol. The molecule has 3 heterocycles. The summed E-state index contributed by atoms with van der Waals surface area (Å²) in [6, 6.07) is 10.7. The standard InChI is InChI=1S/C24H24FN5O/c25-18-4-1-3-17(12-18)24(7-2-8-28-15-24)20-11-16-14-29-23(26)30-21(16)13-22(20)31-19-5-9-27-10-6-19/h1-4,7-8,11-14,19,27H,5-6,9-10,15H2,(H2,26,29,30). The van der Waals surface area contributed by atoms with Gasteiger partial charge in [0.25, 0.3) is 0 Å². The SMILES string of the molecule is Nc1ncc2cc(C3(c4cccc(F)c4)C=CC=NC3)c(OC3CCNCC3)cc2n1. The molecule has 3 aromatic rings. The number of nitrogens with two attached hydrogens (primary N) is 1. The van der Waals surface area contributed by atoms with E-state index in [1.807, 2.05) is 24.3 Å². The summed E-state index contributed by atoms with van der Waals surface area (Å²) in [5, 5.41) is 4.21. The van der Waals surface area contributed by atoms with E-state index >= 15 is 0 Å². The van der Waals surface area contributed by atoms with E-state index in [4.69, 9.17) is 10.5 Å². The highest BCUT2D eigenvalue weighted by molar-refractivity contribution is 5.83. The number of aromatic nitrogens is 2. The molecule has 1 aromatic heterocycles. The van der Waals surface area contributed by atoms with E-state index in [0.717, 1.165) is 53.7 Å². The Bertz CT molecular complexity index is 1170. The zero-order valence-electron chi connectivity index (χ0n) is 17.1. The van der Waals surface area contributed by atoms with E-state index in [1.54, 1.807) is 24.5 Å². The molecule has 0 bridgehead atoms. The third-order valence-corrected chi connectivity index (χ3v) is 6.01. The smallest absolute Gasteiger partial charge is 0.220 e. The molecule has 1 saturated heterocycles. The fourth-order valence-corrected chi connectivity index (χ4v) is 4.41. The summed E-state index contributed by atoms with van der Waals surface area (Å²) >= 11 is 0. The second kappa shape index (κ2) is 8.07. The van der Waals surface area contributed by atoms with Gasteiger partial charge in [-0.15, -0.1) is 0 Å². The Balaban J connectivity index is 1.71. The minimum Gasteiger partial charge on any atom is -0.490 e. The van der Waals surface area contributed by atoms with E-state index < -0.39 is 5.41 Å². The first-order valence-electron chi connectivity index (χ1n) is 10.5. The molecule has 31 heavy (non-hydrogen) atoms. The summed E-state index contributed by atoms with van der Waals surface area (Å²) < 4.78 is 20.8. The second-order valence-electron chi connectivity index (χ2n) is 8.03. The van der Waals surface area contributed by atoms with Crippen LogP contribution in [0.15, 0.2) is 59.7 Å². The van der Waals surface area contributed by atoms with E-state index in [9.17, 15) is 4.39 Å². The first kappa shape index (κ1) is 19.6. The summed E-state index contributed by atoms with van der Waals surface area (Å²) in [7, 11) is 0. The Kier molecular flexibility index (Phi) is 5.11. The van der Waals surface area contributed by atoms with Crippen molar-refractivity contribution in [1.82, 2.24) is 15.3 Å². The number of hydrogen-bond acceptors (Lipinski definition) is 6. The van der Waals surface area contributed by atoms with Gasteiger partial charge in [0.05, 0.1) is 17.5 Å². The molecule has 1 fully saturated rings. The summed E-state index contributed by atoms with van der Waals surface area (Å²) in [5.74, 6) is 0.663. The predicted octanol–water partition coefficient (Wildman–Crippen LogP) is 3.41. The first-order chi connectivity index (χ1) is 15.1. The van der Waals surface area contributed by atoms with Gasteiger partial charge in [-0.25, -0.2) is 14.4 Å². The second-order valence-corrected chi connectivity index (χ2v) is 8.03. The molecule has 0 spiro atoms. The van der Waals surface area contributed by atoms with Crippen LogP contribution in [0.3, 0.4) is 0 Å². The number of dihydropyridines is 1. The highest BCUT2D eigenvalue weighted by Crippen LogP contribution is 2.43. The van der Waals surface area contributed by atoms with Crippen LogP contribution in [0.4, 0.5) is 10.3 Å². The lowest BCUT2D eigenvalue weighted by Crippen LogP contribution is -2.36. The quantitative estimate of drug-likeness (QED) is 0.680. The van der Waals surface area contributed by atoms with E-state index in [1.165, 1.54) is 6.07 Å². The maximum atomic E-state index is 14.2. The summed E-state index contributed by atoms with van der Waals surface area (Å²) in [6.07, 6.45) is 9.40. The molecule has 0 radical (unpaired) electrons. The van der Waals surface area contributed by atoms with Gasteiger partial charge < -0.3 is 15.8 Å². The topological polar surface area (TPSA) is 85.4 Å². The van der Waals surface area contributed by atoms with Crippen molar-refractivity contribution >= 4 is 23.1 Å². The van der Waals surface area contributed by atoms with Crippen molar-refractivity contribution in [2.75, 3.05) is 25.4 Å². The van der Waals surface area contributed by atoms with E-state index in [-0.39, 0.29) is 17.9 Å². The molecule has 7 heteroatoms. The highest BCUT2D eigenvalue weighted by atomic mass is 19.1. The number of nitrogens with one attached hydrogen (secondary N) is 1. The lowest BCUT2D eigenvalue weighted by Gasteiger charge is -2.35. The molecular formula is C24H24FN5O. The Morgan fingerprint density at radius 1 is 1.16 bits per heavy atom. The van der Waals surface area contributed by atoms with Gasteiger partial charge in [-0.1, -0.05) is 18.2 Å². The third-order valence-electron chi connectivity index (χ3n) is 6.01. The van der Waals surface area contributed by atoms with Gasteiger partial charge in [-0.2, -0.15) is 0 Å². The highest BCUT2D eigenvalue weighted by Gasteiger charge is 2.36. The number of anilines is 1. The molecule has 1 atom stereocenters. The molecule has 158 valence electrons. The summed E-state index contributed by atoms with van der Waals surface area (Å²) in [5.41, 5.74) is 7.64. The molecule has 0 amide bonds. The average molecular weight is 417 g/mol. The van der Waals surface area contributed by atoms with Crippen LogP contribution < -0.4 is 15.8 Å². The Morgan fingerprint density at radius 2 is 2.03 bits per heavy atom. The number of aliphatic imine (C=N–C) groups is 1. The zero-order chi connectivity index (χ0) is 21.3. The number of piperidine rings is 1. The number of ether oxygens (including phenoxy) is 1. The number of rotatable bonds is 4. The van der Waals surface area contributed by atoms with Crippen molar-refractivity contribution in [3.8, 4) is 5.75 Å². The molecule has 5 rings (SSSR count). The molecule has 3 N–H and O–H groups in total. The lowest BCUT2D eigenvalue weighted by atomic mass is 9.72. The number of nitrogen functional groups attached to an aromatic ring is 1. The van der Waals surface area contributed by atoms with Crippen LogP contribution in [-0.4, -0.2) is 41.9 Å². The van der Waals surface area contributed by atoms with Crippen molar-refractivity contribution in [2.24, 2.45) is 4.99 Å². The number of fused-ring (bicyclic) bond motifs is 1. The van der Waals surface area contributed by atoms with Crippen molar-refractivity contribution in [2.45, 2.75) is 24.4 Å². The van der Waals surface area contributed by atoms with E-state index in [2.05, 4.69) is 26.4 Å². The summed E-state index contributed by atoms with van der Waals surface area (Å²) in [6.45, 7) is 2.29. The zero-order valence-corrected chi connectivity index (χ0v) is 17.1. The molecular weight excluding hydrogens is 393 g/mol. The molecule has 0 aliphatic carbocycles. The molecule has 2 aromatic carbocycles. The normalized spacial score (nSPS) is 21.5. The predicted molar refractivity (Wildman–Crippen MR) is 120 cm³/mol. The Morgan fingerprint density at radius 3 is 2.81 bits per heavy atom. The third kappa shape index (κ3) is 3.77. The van der Waals surface area contributed by atoms with Crippen LogP contribution in [-0.2, 0) is 5.41 Å².